The minimum absolute atomic E-state index is 0.0285. The van der Waals surface area contributed by atoms with Crippen molar-refractivity contribution >= 4 is 27.7 Å². The molecule has 0 bridgehead atoms. The van der Waals surface area contributed by atoms with Gasteiger partial charge < -0.3 is 15.0 Å². The van der Waals surface area contributed by atoms with Crippen LogP contribution in [0.1, 0.15) is 36.2 Å². The van der Waals surface area contributed by atoms with Crippen LogP contribution in [-0.4, -0.2) is 61.6 Å². The number of benzene rings is 2. The van der Waals surface area contributed by atoms with Crippen molar-refractivity contribution in [2.45, 2.75) is 37.8 Å². The normalized spacial score (nSPS) is 15.0. The number of amides is 3. The van der Waals surface area contributed by atoms with Gasteiger partial charge in [-0.05, 0) is 43.2 Å². The molecular formula is C23H27N3O6S. The summed E-state index contributed by atoms with van der Waals surface area (Å²) >= 11 is 0. The van der Waals surface area contributed by atoms with Crippen LogP contribution in [0.3, 0.4) is 0 Å². The lowest BCUT2D eigenvalue weighted by Crippen LogP contribution is -2.51. The van der Waals surface area contributed by atoms with Crippen molar-refractivity contribution in [1.82, 2.24) is 14.5 Å². The molecule has 1 atom stereocenters. The number of hydrogen-bond acceptors (Lipinski definition) is 6. The first-order valence-corrected chi connectivity index (χ1v) is 12.0. The second-order valence-corrected chi connectivity index (χ2v) is 9.48. The number of carbonyl (C=O) groups excluding carboxylic acids is 3. The number of ether oxygens (including phenoxy) is 1. The van der Waals surface area contributed by atoms with Gasteiger partial charge in [0, 0.05) is 13.1 Å². The summed E-state index contributed by atoms with van der Waals surface area (Å²) in [5, 5.41) is 2.75. The Hall–Kier alpha value is -3.40. The zero-order valence-corrected chi connectivity index (χ0v) is 19.6. The Kier molecular flexibility index (Phi) is 7.37. The van der Waals surface area contributed by atoms with Crippen LogP contribution in [0.15, 0.2) is 53.4 Å². The first kappa shape index (κ1) is 24.2. The van der Waals surface area contributed by atoms with Gasteiger partial charge in [-0.3, -0.25) is 14.4 Å². The molecule has 10 heteroatoms. The summed E-state index contributed by atoms with van der Waals surface area (Å²) in [6, 6.07) is 11.9. The summed E-state index contributed by atoms with van der Waals surface area (Å²) in [6.07, 6.45) is 0.726. The molecule has 176 valence electrons. The molecule has 0 unspecified atom stereocenters. The lowest BCUT2D eigenvalue weighted by molar-refractivity contribution is -0.140. The Bertz CT molecular complexity index is 1150. The molecule has 9 nitrogen and oxygen atoms in total. The molecule has 0 spiro atoms. The second-order valence-electron chi connectivity index (χ2n) is 7.65. The van der Waals surface area contributed by atoms with E-state index in [2.05, 4.69) is 5.32 Å². The topological polar surface area (TPSA) is 113 Å². The van der Waals surface area contributed by atoms with E-state index < -0.39 is 34.4 Å². The average Bonchev–Trinajstić information content (AvgIpc) is 3.01. The lowest BCUT2D eigenvalue weighted by Gasteiger charge is -2.30. The predicted molar refractivity (Wildman–Crippen MR) is 121 cm³/mol. The van der Waals surface area contributed by atoms with E-state index in [1.165, 1.54) is 30.2 Å². The maximum absolute atomic E-state index is 13.3. The van der Waals surface area contributed by atoms with E-state index in [0.29, 0.717) is 16.6 Å². The van der Waals surface area contributed by atoms with E-state index in [1.807, 2.05) is 6.92 Å². The van der Waals surface area contributed by atoms with Gasteiger partial charge in [0.25, 0.3) is 15.9 Å². The van der Waals surface area contributed by atoms with Gasteiger partial charge in [0.15, 0.2) is 0 Å². The molecule has 0 saturated heterocycles. The van der Waals surface area contributed by atoms with E-state index in [1.54, 1.807) is 37.3 Å². The fourth-order valence-corrected chi connectivity index (χ4v) is 5.03. The highest BCUT2D eigenvalue weighted by molar-refractivity contribution is 7.90. The van der Waals surface area contributed by atoms with Crippen molar-refractivity contribution in [3.8, 4) is 5.75 Å². The zero-order valence-electron chi connectivity index (χ0n) is 18.8. The number of nitrogens with one attached hydrogen (secondary N) is 1. The van der Waals surface area contributed by atoms with Crippen LogP contribution in [0.5, 0.6) is 5.75 Å². The predicted octanol–water partition coefficient (Wildman–Crippen LogP) is 1.78. The van der Waals surface area contributed by atoms with Gasteiger partial charge in [-0.25, -0.2) is 12.7 Å². The standard InChI is InChI=1S/C23H27N3O6S/c1-4-13-24-22(28)16(2)25(14-17-9-11-18(32-3)12-10-17)21(27)15-26-23(29)19-7-5-6-8-20(19)33(26,30)31/h5-12,16H,4,13-15H2,1-3H3,(H,24,28)/t16-/m1/s1. The van der Waals surface area contributed by atoms with Crippen LogP contribution in [-0.2, 0) is 26.2 Å². The van der Waals surface area contributed by atoms with Gasteiger partial charge in [0.05, 0.1) is 12.7 Å². The van der Waals surface area contributed by atoms with Crippen molar-refractivity contribution in [3.63, 3.8) is 0 Å². The lowest BCUT2D eigenvalue weighted by atomic mass is 10.1. The Morgan fingerprint density at radius 2 is 1.79 bits per heavy atom. The van der Waals surface area contributed by atoms with Crippen LogP contribution in [0.4, 0.5) is 0 Å². The van der Waals surface area contributed by atoms with Gasteiger partial charge in [-0.2, -0.15) is 0 Å². The van der Waals surface area contributed by atoms with Crippen molar-refractivity contribution < 1.29 is 27.5 Å². The summed E-state index contributed by atoms with van der Waals surface area (Å²) in [5.74, 6) is -1.14. The van der Waals surface area contributed by atoms with Crippen molar-refractivity contribution in [2.24, 2.45) is 0 Å². The summed E-state index contributed by atoms with van der Waals surface area (Å²) in [4.78, 5) is 39.8. The molecule has 3 rings (SSSR count). The number of nitrogens with zero attached hydrogens (tertiary/aromatic N) is 2. The Balaban J connectivity index is 1.87. The van der Waals surface area contributed by atoms with Crippen molar-refractivity contribution in [1.29, 1.82) is 0 Å². The fraction of sp³-hybridized carbons (Fsp3) is 0.348. The quantitative estimate of drug-likeness (QED) is 0.594. The summed E-state index contributed by atoms with van der Waals surface area (Å²) in [6.45, 7) is 3.28. The second kappa shape index (κ2) is 10.0. The third-order valence-corrected chi connectivity index (χ3v) is 7.21. The largest absolute Gasteiger partial charge is 0.497 e. The first-order valence-electron chi connectivity index (χ1n) is 10.6. The minimum Gasteiger partial charge on any atom is -0.497 e. The van der Waals surface area contributed by atoms with Crippen LogP contribution in [0, 0.1) is 0 Å². The monoisotopic (exact) mass is 473 g/mol. The number of rotatable bonds is 9. The Labute approximate surface area is 193 Å². The Morgan fingerprint density at radius 3 is 2.39 bits per heavy atom. The molecule has 2 aromatic rings. The fourth-order valence-electron chi connectivity index (χ4n) is 3.51. The van der Waals surface area contributed by atoms with Crippen LogP contribution >= 0.6 is 0 Å². The highest BCUT2D eigenvalue weighted by atomic mass is 32.2. The van der Waals surface area contributed by atoms with E-state index >= 15 is 0 Å². The Morgan fingerprint density at radius 1 is 1.12 bits per heavy atom. The molecule has 33 heavy (non-hydrogen) atoms. The molecule has 0 aromatic heterocycles. The SMILES string of the molecule is CCCNC(=O)[C@@H](C)N(Cc1ccc(OC)cc1)C(=O)CN1C(=O)c2ccccc2S1(=O)=O. The first-order chi connectivity index (χ1) is 15.7. The molecule has 0 fully saturated rings. The molecule has 1 aliphatic heterocycles. The zero-order chi connectivity index (χ0) is 24.2. The highest BCUT2D eigenvalue weighted by Gasteiger charge is 2.43. The van der Waals surface area contributed by atoms with Crippen LogP contribution in [0.25, 0.3) is 0 Å². The van der Waals surface area contributed by atoms with Crippen molar-refractivity contribution in [3.05, 3.63) is 59.7 Å². The molecule has 1 aliphatic rings. The van der Waals surface area contributed by atoms with Crippen molar-refractivity contribution in [2.75, 3.05) is 20.2 Å². The summed E-state index contributed by atoms with van der Waals surface area (Å²) < 4.78 is 31.5. The van der Waals surface area contributed by atoms with Crippen LogP contribution in [0.2, 0.25) is 0 Å². The summed E-state index contributed by atoms with van der Waals surface area (Å²) in [7, 11) is -2.61. The van der Waals surface area contributed by atoms with E-state index in [4.69, 9.17) is 4.74 Å². The average molecular weight is 474 g/mol. The molecule has 0 aliphatic carbocycles. The van der Waals surface area contributed by atoms with Gasteiger partial charge in [-0.15, -0.1) is 0 Å². The van der Waals surface area contributed by atoms with Gasteiger partial charge in [-0.1, -0.05) is 31.2 Å². The van der Waals surface area contributed by atoms with E-state index in [9.17, 15) is 22.8 Å². The minimum atomic E-state index is -4.15. The molecule has 1 heterocycles. The molecule has 0 saturated carbocycles. The maximum Gasteiger partial charge on any atom is 0.269 e. The molecule has 1 N–H and O–H groups in total. The molecule has 0 radical (unpaired) electrons. The number of hydrogen-bond donors (Lipinski definition) is 1. The molecule has 3 amide bonds. The highest BCUT2D eigenvalue weighted by Crippen LogP contribution is 2.30. The number of sulfonamides is 1. The number of carbonyl (C=O) groups is 3. The molecular weight excluding hydrogens is 446 g/mol. The van der Waals surface area contributed by atoms with Crippen LogP contribution < -0.4 is 10.1 Å². The third kappa shape index (κ3) is 5.00. The van der Waals surface area contributed by atoms with Gasteiger partial charge in [0.2, 0.25) is 11.8 Å². The summed E-state index contributed by atoms with van der Waals surface area (Å²) in [5.41, 5.74) is 0.749. The van der Waals surface area contributed by atoms with Gasteiger partial charge in [0.1, 0.15) is 23.2 Å². The number of methoxy groups -OCH3 is 1. The van der Waals surface area contributed by atoms with E-state index in [0.717, 1.165) is 12.0 Å². The number of fused-ring (bicyclic) bond motifs is 1. The van der Waals surface area contributed by atoms with Gasteiger partial charge >= 0.3 is 0 Å². The van der Waals surface area contributed by atoms with E-state index in [-0.39, 0.29) is 22.9 Å². The smallest absolute Gasteiger partial charge is 0.269 e. The maximum atomic E-state index is 13.3. The third-order valence-electron chi connectivity index (χ3n) is 5.42. The molecule has 2 aromatic carbocycles.